The predicted molar refractivity (Wildman–Crippen MR) is 48.1 cm³/mol. The number of rotatable bonds is 2. The third kappa shape index (κ3) is 3.51. The Bertz CT molecular complexity index is 211. The topological polar surface area (TPSA) is 55.4 Å². The van der Waals surface area contributed by atoms with Gasteiger partial charge in [0.15, 0.2) is 0 Å². The van der Waals surface area contributed by atoms with Gasteiger partial charge in [-0.3, -0.25) is 4.18 Å². The van der Waals surface area contributed by atoms with Crippen molar-refractivity contribution < 1.29 is 12.6 Å². The second kappa shape index (κ2) is 4.79. The van der Waals surface area contributed by atoms with Crippen LogP contribution >= 0.6 is 0 Å². The highest BCUT2D eigenvalue weighted by atomic mass is 32.2. The first-order chi connectivity index (χ1) is 5.14. The van der Waals surface area contributed by atoms with Crippen LogP contribution in [-0.4, -0.2) is 21.1 Å². The van der Waals surface area contributed by atoms with E-state index in [-0.39, 0.29) is 13.5 Å². The standard InChI is InChI=1S/C6H13NO3S.CH4/c1-2-3-6-4-5-10-11(8,9)7-6;/h6-7H,2-5H2,1H3;1H4. The Kier molecular flexibility index (Phi) is 4.74. The van der Waals surface area contributed by atoms with Gasteiger partial charge in [0.2, 0.25) is 0 Å². The fraction of sp³-hybridized carbons (Fsp3) is 1.00. The smallest absolute Gasteiger partial charge is 0.258 e. The summed E-state index contributed by atoms with van der Waals surface area (Å²) in [4.78, 5) is 0. The van der Waals surface area contributed by atoms with Gasteiger partial charge in [0.1, 0.15) is 0 Å². The molecule has 0 amide bonds. The Labute approximate surface area is 74.6 Å². The lowest BCUT2D eigenvalue weighted by Gasteiger charge is -2.22. The van der Waals surface area contributed by atoms with Gasteiger partial charge < -0.3 is 0 Å². The van der Waals surface area contributed by atoms with Gasteiger partial charge in [-0.15, -0.1) is 0 Å². The zero-order valence-electron chi connectivity index (χ0n) is 6.54. The molecule has 1 heterocycles. The van der Waals surface area contributed by atoms with Crippen molar-refractivity contribution in [2.45, 2.75) is 39.7 Å². The second-order valence-electron chi connectivity index (χ2n) is 2.67. The van der Waals surface area contributed by atoms with Crippen LogP contribution in [0.3, 0.4) is 0 Å². The molecule has 12 heavy (non-hydrogen) atoms. The largest absolute Gasteiger partial charge is 0.336 e. The van der Waals surface area contributed by atoms with Crippen molar-refractivity contribution in [1.29, 1.82) is 0 Å². The van der Waals surface area contributed by atoms with Crippen molar-refractivity contribution in [3.8, 4) is 0 Å². The summed E-state index contributed by atoms with van der Waals surface area (Å²) in [7, 11) is -3.40. The molecule has 0 aromatic heterocycles. The van der Waals surface area contributed by atoms with E-state index in [9.17, 15) is 8.42 Å². The minimum atomic E-state index is -3.40. The van der Waals surface area contributed by atoms with E-state index in [0.717, 1.165) is 19.3 Å². The molecule has 0 saturated carbocycles. The van der Waals surface area contributed by atoms with Gasteiger partial charge in [-0.25, -0.2) is 0 Å². The summed E-state index contributed by atoms with van der Waals surface area (Å²) in [6.07, 6.45) is 2.67. The predicted octanol–water partition coefficient (Wildman–Crippen LogP) is 1.05. The fourth-order valence-electron chi connectivity index (χ4n) is 1.15. The third-order valence-corrected chi connectivity index (χ3v) is 2.75. The van der Waals surface area contributed by atoms with Gasteiger partial charge in [0, 0.05) is 6.04 Å². The average molecular weight is 195 g/mol. The molecule has 74 valence electrons. The Morgan fingerprint density at radius 2 is 2.25 bits per heavy atom. The quantitative estimate of drug-likeness (QED) is 0.716. The van der Waals surface area contributed by atoms with Gasteiger partial charge in [0.25, 0.3) is 0 Å². The molecule has 1 atom stereocenters. The normalized spacial score (nSPS) is 27.6. The molecule has 1 rings (SSSR count). The summed E-state index contributed by atoms with van der Waals surface area (Å²) in [6.45, 7) is 2.35. The van der Waals surface area contributed by atoms with E-state index >= 15 is 0 Å². The van der Waals surface area contributed by atoms with Crippen molar-refractivity contribution in [2.24, 2.45) is 0 Å². The van der Waals surface area contributed by atoms with E-state index in [1.807, 2.05) is 6.92 Å². The fourth-order valence-corrected chi connectivity index (χ4v) is 2.18. The molecule has 1 unspecified atom stereocenters. The molecular weight excluding hydrogens is 178 g/mol. The molecule has 0 aromatic carbocycles. The van der Waals surface area contributed by atoms with Crippen molar-refractivity contribution in [2.75, 3.05) is 6.61 Å². The number of hydrogen-bond acceptors (Lipinski definition) is 3. The molecule has 1 aliphatic heterocycles. The lowest BCUT2D eigenvalue weighted by Crippen LogP contribution is -2.41. The summed E-state index contributed by atoms with van der Waals surface area (Å²) in [6, 6.07) is 0.0822. The van der Waals surface area contributed by atoms with Gasteiger partial charge >= 0.3 is 10.3 Å². The highest BCUT2D eigenvalue weighted by Gasteiger charge is 2.22. The Morgan fingerprint density at radius 3 is 2.75 bits per heavy atom. The van der Waals surface area contributed by atoms with Crippen molar-refractivity contribution in [1.82, 2.24) is 4.72 Å². The van der Waals surface area contributed by atoms with E-state index in [2.05, 4.69) is 8.91 Å². The van der Waals surface area contributed by atoms with Gasteiger partial charge in [-0.1, -0.05) is 20.8 Å². The molecule has 1 N–H and O–H groups in total. The van der Waals surface area contributed by atoms with E-state index in [0.29, 0.717) is 6.61 Å². The maximum absolute atomic E-state index is 10.8. The first kappa shape index (κ1) is 11.9. The van der Waals surface area contributed by atoms with Crippen LogP contribution in [0.5, 0.6) is 0 Å². The Morgan fingerprint density at radius 1 is 1.58 bits per heavy atom. The van der Waals surface area contributed by atoms with E-state index < -0.39 is 10.3 Å². The van der Waals surface area contributed by atoms with Crippen LogP contribution in [0.25, 0.3) is 0 Å². The van der Waals surface area contributed by atoms with Crippen LogP contribution in [0.15, 0.2) is 0 Å². The van der Waals surface area contributed by atoms with Crippen LogP contribution in [-0.2, 0) is 14.5 Å². The van der Waals surface area contributed by atoms with Crippen LogP contribution in [0, 0.1) is 0 Å². The minimum Gasteiger partial charge on any atom is -0.258 e. The van der Waals surface area contributed by atoms with Crippen LogP contribution < -0.4 is 4.72 Å². The Hall–Kier alpha value is -0.130. The number of nitrogens with one attached hydrogen (secondary N) is 1. The summed E-state index contributed by atoms with van der Waals surface area (Å²) < 4.78 is 28.6. The van der Waals surface area contributed by atoms with Crippen LogP contribution in [0.2, 0.25) is 0 Å². The number of hydrogen-bond donors (Lipinski definition) is 1. The van der Waals surface area contributed by atoms with E-state index in [1.54, 1.807) is 0 Å². The van der Waals surface area contributed by atoms with Gasteiger partial charge in [-0.2, -0.15) is 13.1 Å². The molecule has 4 nitrogen and oxygen atoms in total. The minimum absolute atomic E-state index is 0. The van der Waals surface area contributed by atoms with Crippen molar-refractivity contribution in [3.63, 3.8) is 0 Å². The van der Waals surface area contributed by atoms with Crippen LogP contribution in [0.4, 0.5) is 0 Å². The lowest BCUT2D eigenvalue weighted by atomic mass is 10.1. The summed E-state index contributed by atoms with van der Waals surface area (Å²) in [5.74, 6) is 0. The third-order valence-electron chi connectivity index (χ3n) is 1.65. The Balaban J connectivity index is 0.00000121. The van der Waals surface area contributed by atoms with E-state index in [4.69, 9.17) is 0 Å². The summed E-state index contributed by atoms with van der Waals surface area (Å²) in [5, 5.41) is 0. The second-order valence-corrected chi connectivity index (χ2v) is 4.05. The molecule has 0 spiro atoms. The van der Waals surface area contributed by atoms with Crippen molar-refractivity contribution >= 4 is 10.3 Å². The molecule has 0 aromatic rings. The summed E-state index contributed by atoms with van der Waals surface area (Å²) >= 11 is 0. The molecule has 5 heteroatoms. The lowest BCUT2D eigenvalue weighted by molar-refractivity contribution is 0.251. The first-order valence-electron chi connectivity index (χ1n) is 3.81. The molecule has 1 fully saturated rings. The average Bonchev–Trinajstić information content (AvgIpc) is 1.85. The molecule has 0 aliphatic carbocycles. The molecule has 1 aliphatic rings. The molecule has 0 bridgehead atoms. The van der Waals surface area contributed by atoms with Gasteiger partial charge in [-0.05, 0) is 12.8 Å². The zero-order valence-corrected chi connectivity index (χ0v) is 7.36. The summed E-state index contributed by atoms with van der Waals surface area (Å²) in [5.41, 5.74) is 0. The molecular formula is C7H17NO3S. The molecule has 1 saturated heterocycles. The maximum atomic E-state index is 10.8. The SMILES string of the molecule is C.CCCC1CCOS(=O)(=O)N1. The highest BCUT2D eigenvalue weighted by molar-refractivity contribution is 7.84. The maximum Gasteiger partial charge on any atom is 0.336 e. The van der Waals surface area contributed by atoms with Crippen molar-refractivity contribution in [3.05, 3.63) is 0 Å². The highest BCUT2D eigenvalue weighted by Crippen LogP contribution is 2.09. The van der Waals surface area contributed by atoms with Gasteiger partial charge in [0.05, 0.1) is 6.61 Å². The monoisotopic (exact) mass is 195 g/mol. The first-order valence-corrected chi connectivity index (χ1v) is 5.21. The molecule has 0 radical (unpaired) electrons. The van der Waals surface area contributed by atoms with Crippen LogP contribution in [0.1, 0.15) is 33.6 Å². The van der Waals surface area contributed by atoms with E-state index in [1.165, 1.54) is 0 Å². The zero-order chi connectivity index (χ0) is 8.32.